The second-order valence-electron chi connectivity index (χ2n) is 7.18. The maximum atomic E-state index is 12.8. The van der Waals surface area contributed by atoms with E-state index in [1.165, 1.54) is 16.7 Å². The molecule has 0 fully saturated rings. The van der Waals surface area contributed by atoms with Crippen LogP contribution in [0.5, 0.6) is 5.75 Å². The van der Waals surface area contributed by atoms with Gasteiger partial charge in [0, 0.05) is 10.6 Å². The molecular weight excluding hydrogens is 475 g/mol. The molecule has 0 saturated carbocycles. The maximum Gasteiger partial charge on any atom is 0.433 e. The van der Waals surface area contributed by atoms with Crippen LogP contribution in [0.1, 0.15) is 16.1 Å². The van der Waals surface area contributed by atoms with Crippen LogP contribution in [0.25, 0.3) is 22.2 Å². The van der Waals surface area contributed by atoms with E-state index in [-0.39, 0.29) is 29.7 Å². The number of fused-ring (bicyclic) bond motifs is 1. The predicted octanol–water partition coefficient (Wildman–Crippen LogP) is 4.91. The fraction of sp³-hybridized carbons (Fsp3) is 0.130. The van der Waals surface area contributed by atoms with Crippen molar-refractivity contribution in [2.75, 3.05) is 6.61 Å². The first-order valence-corrected chi connectivity index (χ1v) is 10.2. The van der Waals surface area contributed by atoms with E-state index in [1.807, 2.05) is 0 Å². The largest absolute Gasteiger partial charge is 0.491 e. The molecule has 2 heterocycles. The first-order chi connectivity index (χ1) is 16.1. The maximum absolute atomic E-state index is 12.8. The van der Waals surface area contributed by atoms with Crippen LogP contribution in [-0.2, 0) is 12.7 Å². The number of aromatic carboxylic acids is 1. The number of carbonyl (C=O) groups is 1. The molecule has 174 valence electrons. The molecule has 0 aliphatic heterocycles. The van der Waals surface area contributed by atoms with Gasteiger partial charge in [-0.2, -0.15) is 13.2 Å². The Morgan fingerprint density at radius 2 is 1.91 bits per heavy atom. The number of ether oxygens (including phenoxy) is 1. The van der Waals surface area contributed by atoms with Crippen LogP contribution in [0.2, 0.25) is 5.02 Å². The summed E-state index contributed by atoms with van der Waals surface area (Å²) in [6.45, 7) is 0.0778. The van der Waals surface area contributed by atoms with E-state index >= 15 is 0 Å². The molecule has 0 atom stereocenters. The Morgan fingerprint density at radius 3 is 2.65 bits per heavy atom. The molecule has 0 amide bonds. The number of halogens is 4. The number of aromatic nitrogens is 3. The third-order valence-corrected chi connectivity index (χ3v) is 5.16. The highest BCUT2D eigenvalue weighted by molar-refractivity contribution is 6.31. The number of alkyl halides is 3. The van der Waals surface area contributed by atoms with Gasteiger partial charge in [-0.25, -0.2) is 14.8 Å². The van der Waals surface area contributed by atoms with E-state index in [0.29, 0.717) is 21.9 Å². The lowest BCUT2D eigenvalue weighted by Gasteiger charge is -2.14. The average Bonchev–Trinajstić information content (AvgIpc) is 2.80. The molecule has 2 aromatic heterocycles. The first kappa shape index (κ1) is 23.2. The first-order valence-electron chi connectivity index (χ1n) is 9.83. The topological polar surface area (TPSA) is 94.3 Å². The van der Waals surface area contributed by atoms with Gasteiger partial charge in [-0.1, -0.05) is 23.7 Å². The van der Waals surface area contributed by atoms with Crippen LogP contribution in [0.15, 0.2) is 65.7 Å². The molecule has 34 heavy (non-hydrogen) atoms. The zero-order chi connectivity index (χ0) is 24.5. The Balaban J connectivity index is 1.56. The van der Waals surface area contributed by atoms with Gasteiger partial charge in [0.05, 0.1) is 17.5 Å². The average molecular weight is 490 g/mol. The highest BCUT2D eigenvalue weighted by Gasteiger charge is 2.32. The smallest absolute Gasteiger partial charge is 0.433 e. The van der Waals surface area contributed by atoms with E-state index in [1.54, 1.807) is 30.3 Å². The van der Waals surface area contributed by atoms with Crippen LogP contribution in [-0.4, -0.2) is 32.2 Å². The number of carboxylic acid groups (broad SMARTS) is 1. The van der Waals surface area contributed by atoms with Crippen molar-refractivity contribution in [3.05, 3.63) is 87.6 Å². The molecule has 0 aliphatic carbocycles. The molecule has 0 saturated heterocycles. The van der Waals surface area contributed by atoms with Crippen molar-refractivity contribution in [2.24, 2.45) is 0 Å². The number of hydrogen-bond acceptors (Lipinski definition) is 5. The molecule has 2 aromatic carbocycles. The SMILES string of the molecule is O=C(O)c1cccc(-c2cc(Cl)ccc2OCCn2cnc3nc(C(F)(F)F)ccc3c2=O)c1. The monoisotopic (exact) mass is 489 g/mol. The Morgan fingerprint density at radius 1 is 1.12 bits per heavy atom. The zero-order valence-electron chi connectivity index (χ0n) is 17.2. The Labute approximate surface area is 195 Å². The summed E-state index contributed by atoms with van der Waals surface area (Å²) in [6.07, 6.45) is -3.53. The minimum absolute atomic E-state index is 0.0222. The molecule has 0 spiro atoms. The van der Waals surface area contributed by atoms with Gasteiger partial charge in [0.25, 0.3) is 5.56 Å². The van der Waals surface area contributed by atoms with E-state index < -0.39 is 23.4 Å². The number of rotatable bonds is 6. The van der Waals surface area contributed by atoms with Gasteiger partial charge >= 0.3 is 12.1 Å². The van der Waals surface area contributed by atoms with Gasteiger partial charge in [0.15, 0.2) is 5.65 Å². The molecule has 4 rings (SSSR count). The number of nitrogens with zero attached hydrogens (tertiary/aromatic N) is 3. The van der Waals surface area contributed by atoms with Crippen molar-refractivity contribution in [1.82, 2.24) is 14.5 Å². The van der Waals surface area contributed by atoms with Crippen molar-refractivity contribution >= 4 is 28.6 Å². The van der Waals surface area contributed by atoms with Crippen molar-refractivity contribution < 1.29 is 27.8 Å². The summed E-state index contributed by atoms with van der Waals surface area (Å²) in [5.41, 5.74) is -0.748. The van der Waals surface area contributed by atoms with Crippen LogP contribution >= 0.6 is 11.6 Å². The van der Waals surface area contributed by atoms with Crippen molar-refractivity contribution in [3.8, 4) is 16.9 Å². The molecule has 0 bridgehead atoms. The van der Waals surface area contributed by atoms with Gasteiger partial charge in [-0.3, -0.25) is 9.36 Å². The van der Waals surface area contributed by atoms with Crippen molar-refractivity contribution in [1.29, 1.82) is 0 Å². The predicted molar refractivity (Wildman–Crippen MR) is 118 cm³/mol. The van der Waals surface area contributed by atoms with Crippen LogP contribution in [0.4, 0.5) is 13.2 Å². The van der Waals surface area contributed by atoms with Gasteiger partial charge in [-0.15, -0.1) is 0 Å². The van der Waals surface area contributed by atoms with Gasteiger partial charge in [0.1, 0.15) is 24.4 Å². The molecule has 0 unspecified atom stereocenters. The Hall–Kier alpha value is -3.92. The van der Waals surface area contributed by atoms with Crippen molar-refractivity contribution in [3.63, 3.8) is 0 Å². The van der Waals surface area contributed by atoms with Crippen LogP contribution in [0, 0.1) is 0 Å². The lowest BCUT2D eigenvalue weighted by molar-refractivity contribution is -0.141. The van der Waals surface area contributed by atoms with E-state index in [4.69, 9.17) is 16.3 Å². The Kier molecular flexibility index (Phi) is 6.25. The highest BCUT2D eigenvalue weighted by atomic mass is 35.5. The third-order valence-electron chi connectivity index (χ3n) is 4.93. The molecule has 0 aliphatic rings. The summed E-state index contributed by atoms with van der Waals surface area (Å²) >= 11 is 6.11. The highest BCUT2D eigenvalue weighted by Crippen LogP contribution is 2.33. The standard InChI is InChI=1S/C23H15ClF3N3O4/c24-15-4-6-18(17(11-15)13-2-1-3-14(10-13)22(32)33)34-9-8-30-12-28-20-16(21(30)31)5-7-19(29-20)23(25,26)27/h1-7,10-12H,8-9H2,(H,32,33). The quantitative estimate of drug-likeness (QED) is 0.413. The van der Waals surface area contributed by atoms with Gasteiger partial charge in [0.2, 0.25) is 0 Å². The fourth-order valence-electron chi connectivity index (χ4n) is 3.29. The number of carboxylic acids is 1. The van der Waals surface area contributed by atoms with Crippen molar-refractivity contribution in [2.45, 2.75) is 12.7 Å². The molecule has 0 radical (unpaired) electrons. The summed E-state index contributed by atoms with van der Waals surface area (Å²) in [5.74, 6) is -0.670. The summed E-state index contributed by atoms with van der Waals surface area (Å²) in [5, 5.41) is 9.62. The normalized spacial score (nSPS) is 11.5. The van der Waals surface area contributed by atoms with E-state index in [9.17, 15) is 27.9 Å². The second kappa shape index (κ2) is 9.14. The minimum Gasteiger partial charge on any atom is -0.491 e. The Bertz CT molecular complexity index is 1450. The number of hydrogen-bond donors (Lipinski definition) is 1. The summed E-state index contributed by atoms with van der Waals surface area (Å²) in [4.78, 5) is 31.2. The molecule has 7 nitrogen and oxygen atoms in total. The van der Waals surface area contributed by atoms with E-state index in [0.717, 1.165) is 18.5 Å². The van der Waals surface area contributed by atoms with Crippen LogP contribution in [0.3, 0.4) is 0 Å². The molecular formula is C23H15ClF3N3O4. The number of benzene rings is 2. The van der Waals surface area contributed by atoms with E-state index in [2.05, 4.69) is 9.97 Å². The lowest BCUT2D eigenvalue weighted by Crippen LogP contribution is -2.24. The van der Waals surface area contributed by atoms with Gasteiger partial charge in [-0.05, 0) is 48.0 Å². The minimum atomic E-state index is -4.64. The number of pyridine rings is 1. The molecule has 4 aromatic rings. The molecule has 1 N–H and O–H groups in total. The second-order valence-corrected chi connectivity index (χ2v) is 7.62. The lowest BCUT2D eigenvalue weighted by atomic mass is 10.0. The third kappa shape index (κ3) is 4.86. The summed E-state index contributed by atoms with van der Waals surface area (Å²) in [7, 11) is 0. The van der Waals surface area contributed by atoms with Crippen LogP contribution < -0.4 is 10.3 Å². The molecule has 11 heteroatoms. The zero-order valence-corrected chi connectivity index (χ0v) is 18.0. The van der Waals surface area contributed by atoms with Gasteiger partial charge < -0.3 is 9.84 Å². The summed E-state index contributed by atoms with van der Waals surface area (Å²) in [6, 6.07) is 12.9. The fourth-order valence-corrected chi connectivity index (χ4v) is 3.46. The summed E-state index contributed by atoms with van der Waals surface area (Å²) < 4.78 is 45.5.